The van der Waals surface area contributed by atoms with Crippen LogP contribution < -0.4 is 14.8 Å². The summed E-state index contributed by atoms with van der Waals surface area (Å²) >= 11 is 0. The molecule has 0 amide bonds. The van der Waals surface area contributed by atoms with E-state index in [9.17, 15) is 8.42 Å². The quantitative estimate of drug-likeness (QED) is 0.879. The third-order valence-electron chi connectivity index (χ3n) is 4.34. The number of sulfonamides is 1. The molecule has 1 aromatic rings. The van der Waals surface area contributed by atoms with Gasteiger partial charge in [-0.2, -0.15) is 4.31 Å². The lowest BCUT2D eigenvalue weighted by atomic mass is 10.0. The lowest BCUT2D eigenvalue weighted by Gasteiger charge is -2.19. The van der Waals surface area contributed by atoms with E-state index in [2.05, 4.69) is 5.32 Å². The van der Waals surface area contributed by atoms with Gasteiger partial charge in [0.2, 0.25) is 10.0 Å². The van der Waals surface area contributed by atoms with Gasteiger partial charge < -0.3 is 14.8 Å². The smallest absolute Gasteiger partial charge is 0.246 e. The van der Waals surface area contributed by atoms with Crippen LogP contribution in [0.2, 0.25) is 0 Å². The van der Waals surface area contributed by atoms with Gasteiger partial charge in [-0.1, -0.05) is 0 Å². The molecule has 0 bridgehead atoms. The zero-order valence-electron chi connectivity index (χ0n) is 12.2. The molecule has 116 valence electrons. The van der Waals surface area contributed by atoms with Crippen LogP contribution in [-0.4, -0.2) is 53.1 Å². The summed E-state index contributed by atoms with van der Waals surface area (Å²) < 4.78 is 37.6. The summed E-state index contributed by atoms with van der Waals surface area (Å²) in [7, 11) is -0.516. The molecule has 2 heterocycles. The van der Waals surface area contributed by atoms with Crippen molar-refractivity contribution in [1.82, 2.24) is 9.62 Å². The van der Waals surface area contributed by atoms with Gasteiger partial charge >= 0.3 is 0 Å². The standard InChI is InChI=1S/C14H20N2O4S/c1-19-12-3-4-14(13(5-12)20-2)21(17,18)16-8-10-6-15-7-11(10)9-16/h3-5,10-11,15H,6-9H2,1-2H3/t10-,11+. The lowest BCUT2D eigenvalue weighted by molar-refractivity contribution is 0.382. The number of rotatable bonds is 4. The Morgan fingerprint density at radius 3 is 2.38 bits per heavy atom. The van der Waals surface area contributed by atoms with Crippen LogP contribution in [0.15, 0.2) is 23.1 Å². The number of hydrogen-bond donors (Lipinski definition) is 1. The second-order valence-corrected chi connectivity index (χ2v) is 7.42. The molecule has 2 aliphatic heterocycles. The zero-order chi connectivity index (χ0) is 15.0. The van der Waals surface area contributed by atoms with Crippen molar-refractivity contribution >= 4 is 10.0 Å². The average Bonchev–Trinajstić information content (AvgIpc) is 3.08. The van der Waals surface area contributed by atoms with E-state index in [-0.39, 0.29) is 4.90 Å². The van der Waals surface area contributed by atoms with Gasteiger partial charge in [-0.3, -0.25) is 0 Å². The molecular weight excluding hydrogens is 292 g/mol. The molecule has 2 fully saturated rings. The fraction of sp³-hybridized carbons (Fsp3) is 0.571. The minimum absolute atomic E-state index is 0.207. The minimum Gasteiger partial charge on any atom is -0.497 e. The van der Waals surface area contributed by atoms with E-state index in [1.807, 2.05) is 0 Å². The topological polar surface area (TPSA) is 67.9 Å². The Hall–Kier alpha value is -1.31. The molecule has 2 aliphatic rings. The maximum atomic E-state index is 12.8. The molecule has 2 atom stereocenters. The van der Waals surface area contributed by atoms with Gasteiger partial charge in [-0.15, -0.1) is 0 Å². The normalized spacial score (nSPS) is 25.8. The van der Waals surface area contributed by atoms with E-state index in [4.69, 9.17) is 9.47 Å². The second-order valence-electron chi connectivity index (χ2n) is 5.52. The molecule has 0 aromatic heterocycles. The molecule has 6 nitrogen and oxygen atoms in total. The van der Waals surface area contributed by atoms with Crippen LogP contribution in [0, 0.1) is 11.8 Å². The molecule has 3 rings (SSSR count). The van der Waals surface area contributed by atoms with E-state index in [1.54, 1.807) is 22.5 Å². The van der Waals surface area contributed by atoms with Crippen molar-refractivity contribution in [2.45, 2.75) is 4.90 Å². The SMILES string of the molecule is COc1ccc(S(=O)(=O)N2C[C@H]3CNC[C@H]3C2)c(OC)c1. The van der Waals surface area contributed by atoms with Gasteiger partial charge in [0.15, 0.2) is 0 Å². The predicted octanol–water partition coefficient (Wildman–Crippen LogP) is 0.544. The molecular formula is C14H20N2O4S. The maximum absolute atomic E-state index is 12.8. The van der Waals surface area contributed by atoms with E-state index in [0.717, 1.165) is 13.1 Å². The number of hydrogen-bond acceptors (Lipinski definition) is 5. The Morgan fingerprint density at radius 1 is 1.14 bits per heavy atom. The highest BCUT2D eigenvalue weighted by molar-refractivity contribution is 7.89. The predicted molar refractivity (Wildman–Crippen MR) is 78.2 cm³/mol. The first-order chi connectivity index (χ1) is 10.1. The van der Waals surface area contributed by atoms with Gasteiger partial charge in [0.25, 0.3) is 0 Å². The zero-order valence-corrected chi connectivity index (χ0v) is 13.0. The molecule has 0 aliphatic carbocycles. The Balaban J connectivity index is 1.92. The fourth-order valence-corrected chi connectivity index (χ4v) is 4.83. The molecule has 0 saturated carbocycles. The van der Waals surface area contributed by atoms with Gasteiger partial charge in [0, 0.05) is 19.2 Å². The minimum atomic E-state index is -3.52. The molecule has 7 heteroatoms. The fourth-order valence-electron chi connectivity index (χ4n) is 3.14. The van der Waals surface area contributed by atoms with Crippen molar-refractivity contribution in [3.05, 3.63) is 18.2 Å². The van der Waals surface area contributed by atoms with Crippen LogP contribution in [0.25, 0.3) is 0 Å². The Morgan fingerprint density at radius 2 is 1.81 bits per heavy atom. The molecule has 0 unspecified atom stereocenters. The van der Waals surface area contributed by atoms with Crippen LogP contribution in [0.1, 0.15) is 0 Å². The van der Waals surface area contributed by atoms with Crippen molar-refractivity contribution in [3.63, 3.8) is 0 Å². The van der Waals surface area contributed by atoms with Gasteiger partial charge in [0.1, 0.15) is 16.4 Å². The third-order valence-corrected chi connectivity index (χ3v) is 6.22. The summed E-state index contributed by atoms with van der Waals surface area (Å²) in [6.07, 6.45) is 0. The number of ether oxygens (including phenoxy) is 2. The maximum Gasteiger partial charge on any atom is 0.246 e. The molecule has 1 aromatic carbocycles. The van der Waals surface area contributed by atoms with Crippen molar-refractivity contribution < 1.29 is 17.9 Å². The van der Waals surface area contributed by atoms with Gasteiger partial charge in [0.05, 0.1) is 14.2 Å². The van der Waals surface area contributed by atoms with Gasteiger partial charge in [-0.05, 0) is 37.1 Å². The van der Waals surface area contributed by atoms with Crippen LogP contribution in [0.5, 0.6) is 11.5 Å². The summed E-state index contributed by atoms with van der Waals surface area (Å²) in [5.41, 5.74) is 0. The molecule has 0 radical (unpaired) electrons. The summed E-state index contributed by atoms with van der Waals surface area (Å²) in [5.74, 6) is 1.74. The highest BCUT2D eigenvalue weighted by atomic mass is 32.2. The Bertz CT molecular complexity index is 620. The molecule has 1 N–H and O–H groups in total. The number of fused-ring (bicyclic) bond motifs is 1. The summed E-state index contributed by atoms with van der Waals surface area (Å²) in [4.78, 5) is 0.207. The van der Waals surface area contributed by atoms with E-state index in [1.165, 1.54) is 14.2 Å². The Labute approximate surface area is 125 Å². The first kappa shape index (κ1) is 14.6. The number of benzene rings is 1. The van der Waals surface area contributed by atoms with Crippen LogP contribution >= 0.6 is 0 Å². The third kappa shape index (κ3) is 2.49. The molecule has 0 spiro atoms. The number of nitrogens with zero attached hydrogens (tertiary/aromatic N) is 1. The van der Waals surface area contributed by atoms with E-state index < -0.39 is 10.0 Å². The van der Waals surface area contributed by atoms with Crippen molar-refractivity contribution in [1.29, 1.82) is 0 Å². The van der Waals surface area contributed by atoms with Crippen molar-refractivity contribution in [2.24, 2.45) is 11.8 Å². The second kappa shape index (κ2) is 5.47. The summed E-state index contributed by atoms with van der Waals surface area (Å²) in [6, 6.07) is 4.80. The van der Waals surface area contributed by atoms with Gasteiger partial charge in [-0.25, -0.2) is 8.42 Å². The highest BCUT2D eigenvalue weighted by Crippen LogP contribution is 2.35. The molecule has 21 heavy (non-hydrogen) atoms. The number of methoxy groups -OCH3 is 2. The highest BCUT2D eigenvalue weighted by Gasteiger charge is 2.42. The number of nitrogens with one attached hydrogen (secondary N) is 1. The largest absolute Gasteiger partial charge is 0.497 e. The summed E-state index contributed by atoms with van der Waals surface area (Å²) in [6.45, 7) is 2.96. The first-order valence-corrected chi connectivity index (χ1v) is 8.43. The first-order valence-electron chi connectivity index (χ1n) is 6.99. The monoisotopic (exact) mass is 312 g/mol. The average molecular weight is 312 g/mol. The van der Waals surface area contributed by atoms with Crippen LogP contribution in [0.3, 0.4) is 0 Å². The Kier molecular flexibility index (Phi) is 3.81. The van der Waals surface area contributed by atoms with Crippen molar-refractivity contribution in [2.75, 3.05) is 40.4 Å². The lowest BCUT2D eigenvalue weighted by Crippen LogP contribution is -2.32. The summed E-state index contributed by atoms with van der Waals surface area (Å²) in [5, 5.41) is 3.31. The van der Waals surface area contributed by atoms with Crippen LogP contribution in [-0.2, 0) is 10.0 Å². The van der Waals surface area contributed by atoms with Crippen LogP contribution in [0.4, 0.5) is 0 Å². The van der Waals surface area contributed by atoms with E-state index >= 15 is 0 Å². The molecule has 2 saturated heterocycles. The van der Waals surface area contributed by atoms with E-state index in [0.29, 0.717) is 36.4 Å². The van der Waals surface area contributed by atoms with Crippen molar-refractivity contribution in [3.8, 4) is 11.5 Å².